The third-order valence-corrected chi connectivity index (χ3v) is 5.33. The molecule has 1 fully saturated rings. The average molecular weight is 440 g/mol. The normalized spacial score (nSPS) is 17.5. The van der Waals surface area contributed by atoms with Crippen LogP contribution in [0.5, 0.6) is 0 Å². The molecular formula is C22H15Cl2N3O3. The van der Waals surface area contributed by atoms with Gasteiger partial charge in [0.1, 0.15) is 5.71 Å². The molecule has 1 heterocycles. The Morgan fingerprint density at radius 3 is 2.23 bits per heavy atom. The summed E-state index contributed by atoms with van der Waals surface area (Å²) in [5.41, 5.74) is 2.25. The number of benzene rings is 3. The van der Waals surface area contributed by atoms with Crippen molar-refractivity contribution < 1.29 is 9.72 Å². The van der Waals surface area contributed by atoms with E-state index in [0.29, 0.717) is 39.1 Å². The predicted octanol–water partition coefficient (Wildman–Crippen LogP) is 6.15. The average Bonchev–Trinajstić information content (AvgIpc) is 3.06. The van der Waals surface area contributed by atoms with Gasteiger partial charge in [0.25, 0.3) is 11.6 Å². The van der Waals surface area contributed by atoms with E-state index in [4.69, 9.17) is 23.2 Å². The first-order valence-electron chi connectivity index (χ1n) is 9.09. The van der Waals surface area contributed by atoms with E-state index in [2.05, 4.69) is 4.99 Å². The summed E-state index contributed by atoms with van der Waals surface area (Å²) >= 11 is 11.9. The number of rotatable bonds is 4. The van der Waals surface area contributed by atoms with Gasteiger partial charge in [0.2, 0.25) is 0 Å². The van der Waals surface area contributed by atoms with E-state index in [1.54, 1.807) is 65.6 Å². The van der Waals surface area contributed by atoms with Crippen LogP contribution in [-0.2, 0) is 4.79 Å². The summed E-state index contributed by atoms with van der Waals surface area (Å²) in [6.45, 7) is 0. The number of nitro groups is 1. The van der Waals surface area contributed by atoms with Crippen molar-refractivity contribution in [1.29, 1.82) is 0 Å². The summed E-state index contributed by atoms with van der Waals surface area (Å²) in [6, 6.07) is 19.6. The van der Waals surface area contributed by atoms with Crippen molar-refractivity contribution in [3.05, 3.63) is 98.5 Å². The van der Waals surface area contributed by atoms with Crippen LogP contribution in [0, 0.1) is 10.1 Å². The second kappa shape index (κ2) is 8.26. The first-order valence-corrected chi connectivity index (χ1v) is 9.84. The number of nitro benzene ring substituents is 1. The van der Waals surface area contributed by atoms with Gasteiger partial charge in [-0.05, 0) is 54.1 Å². The molecule has 4 rings (SSSR count). The number of hydrogen-bond donors (Lipinski definition) is 0. The Labute approximate surface area is 182 Å². The maximum atomic E-state index is 13.3. The van der Waals surface area contributed by atoms with Crippen LogP contribution in [0.15, 0.2) is 77.8 Å². The van der Waals surface area contributed by atoms with Crippen LogP contribution in [0.1, 0.15) is 18.0 Å². The zero-order valence-corrected chi connectivity index (χ0v) is 17.0. The second-order valence-corrected chi connectivity index (χ2v) is 7.63. The predicted molar refractivity (Wildman–Crippen MR) is 118 cm³/mol. The van der Waals surface area contributed by atoms with Gasteiger partial charge in [-0.3, -0.25) is 19.8 Å². The van der Waals surface area contributed by atoms with E-state index in [1.165, 1.54) is 12.1 Å². The Hall–Kier alpha value is -3.22. The Kier molecular flexibility index (Phi) is 5.53. The number of aliphatic imine (C=N–C) groups is 1. The van der Waals surface area contributed by atoms with Gasteiger partial charge < -0.3 is 0 Å². The van der Waals surface area contributed by atoms with Gasteiger partial charge >= 0.3 is 0 Å². The van der Waals surface area contributed by atoms with Gasteiger partial charge in [-0.2, -0.15) is 0 Å². The molecule has 3 aromatic rings. The molecule has 0 spiro atoms. The van der Waals surface area contributed by atoms with Gasteiger partial charge in [0.05, 0.1) is 16.7 Å². The molecule has 1 unspecified atom stereocenters. The highest BCUT2D eigenvalue weighted by Gasteiger charge is 2.39. The molecule has 0 saturated carbocycles. The maximum Gasteiger partial charge on any atom is 0.273 e. The van der Waals surface area contributed by atoms with Crippen LogP contribution in [0.25, 0.3) is 0 Å². The van der Waals surface area contributed by atoms with Crippen molar-refractivity contribution >= 4 is 51.9 Å². The van der Waals surface area contributed by atoms with Crippen molar-refractivity contribution in [2.24, 2.45) is 4.99 Å². The van der Waals surface area contributed by atoms with E-state index in [-0.39, 0.29) is 11.6 Å². The fourth-order valence-electron chi connectivity index (χ4n) is 3.42. The molecule has 1 saturated heterocycles. The number of amides is 1. The minimum absolute atomic E-state index is 0.0286. The topological polar surface area (TPSA) is 75.8 Å². The monoisotopic (exact) mass is 439 g/mol. The molecule has 1 aliphatic heterocycles. The number of carbonyl (C=O) groups excluding carboxylic acids is 1. The molecule has 1 amide bonds. The minimum atomic E-state index is -0.449. The Morgan fingerprint density at radius 1 is 0.967 bits per heavy atom. The molecule has 8 heteroatoms. The lowest BCUT2D eigenvalue weighted by molar-refractivity contribution is -0.384. The maximum absolute atomic E-state index is 13.3. The van der Waals surface area contributed by atoms with Gasteiger partial charge in [-0.1, -0.05) is 35.3 Å². The van der Waals surface area contributed by atoms with E-state index in [0.717, 1.165) is 0 Å². The number of anilines is 1. The van der Waals surface area contributed by atoms with Crippen LogP contribution >= 0.6 is 23.2 Å². The van der Waals surface area contributed by atoms with Crippen LogP contribution in [0.2, 0.25) is 10.0 Å². The van der Waals surface area contributed by atoms with E-state index < -0.39 is 11.0 Å². The largest absolute Gasteiger partial charge is 0.299 e. The molecule has 0 aromatic heterocycles. The Bertz CT molecular complexity index is 1150. The van der Waals surface area contributed by atoms with Crippen LogP contribution in [-0.4, -0.2) is 16.5 Å². The zero-order chi connectivity index (χ0) is 21.3. The lowest BCUT2D eigenvalue weighted by Gasteiger charge is -2.24. The summed E-state index contributed by atoms with van der Waals surface area (Å²) < 4.78 is 0. The van der Waals surface area contributed by atoms with Gasteiger partial charge in [-0.15, -0.1) is 0 Å². The van der Waals surface area contributed by atoms with Crippen molar-refractivity contribution in [3.8, 4) is 0 Å². The van der Waals surface area contributed by atoms with Crippen LogP contribution < -0.4 is 4.90 Å². The van der Waals surface area contributed by atoms with E-state index in [9.17, 15) is 14.9 Å². The molecule has 0 aliphatic carbocycles. The molecule has 0 bridgehead atoms. The first-order chi connectivity index (χ1) is 14.4. The molecule has 150 valence electrons. The highest BCUT2D eigenvalue weighted by atomic mass is 35.5. The van der Waals surface area contributed by atoms with Crippen LogP contribution in [0.3, 0.4) is 0 Å². The molecule has 1 aliphatic rings. The second-order valence-electron chi connectivity index (χ2n) is 6.76. The van der Waals surface area contributed by atoms with Crippen LogP contribution in [0.4, 0.5) is 17.1 Å². The molecule has 0 N–H and O–H groups in total. The van der Waals surface area contributed by atoms with E-state index >= 15 is 0 Å². The van der Waals surface area contributed by atoms with Gasteiger partial charge in [0, 0.05) is 34.3 Å². The number of halogens is 2. The van der Waals surface area contributed by atoms with Crippen molar-refractivity contribution in [2.45, 2.75) is 12.5 Å². The number of non-ortho nitro benzene ring substituents is 1. The Morgan fingerprint density at radius 2 is 1.60 bits per heavy atom. The molecule has 1 atom stereocenters. The quantitative estimate of drug-likeness (QED) is 0.361. The smallest absolute Gasteiger partial charge is 0.273 e. The summed E-state index contributed by atoms with van der Waals surface area (Å²) in [7, 11) is 0. The number of nitrogens with zero attached hydrogens (tertiary/aromatic N) is 3. The first kappa shape index (κ1) is 20.1. The standard InChI is InChI=1S/C22H15Cl2N3O3/c23-15-4-8-17(9-5-15)25-20-13-21(14-2-1-3-19(12-14)27(29)30)26(22(20)28)18-10-6-16(24)7-11-18/h1-12,21H,13H2. The molecule has 0 radical (unpaired) electrons. The molecular weight excluding hydrogens is 425 g/mol. The van der Waals surface area contributed by atoms with Gasteiger partial charge in [-0.25, -0.2) is 4.99 Å². The highest BCUT2D eigenvalue weighted by Crippen LogP contribution is 2.38. The molecule has 30 heavy (non-hydrogen) atoms. The van der Waals surface area contributed by atoms with Crippen molar-refractivity contribution in [3.63, 3.8) is 0 Å². The molecule has 3 aromatic carbocycles. The van der Waals surface area contributed by atoms with Crippen molar-refractivity contribution in [2.75, 3.05) is 4.90 Å². The number of hydrogen-bond acceptors (Lipinski definition) is 4. The lowest BCUT2D eigenvalue weighted by Crippen LogP contribution is -2.29. The summed E-state index contributed by atoms with van der Waals surface area (Å²) in [5, 5.41) is 12.4. The van der Waals surface area contributed by atoms with Crippen molar-refractivity contribution in [1.82, 2.24) is 0 Å². The van der Waals surface area contributed by atoms with Gasteiger partial charge in [0.15, 0.2) is 0 Å². The third kappa shape index (κ3) is 4.06. The van der Waals surface area contributed by atoms with E-state index in [1.807, 2.05) is 0 Å². The fraction of sp³-hybridized carbons (Fsp3) is 0.0909. The summed E-state index contributed by atoms with van der Waals surface area (Å²) in [6.07, 6.45) is 0.311. The Balaban J connectivity index is 1.78. The number of carbonyl (C=O) groups is 1. The minimum Gasteiger partial charge on any atom is -0.299 e. The SMILES string of the molecule is O=C1C(=Nc2ccc(Cl)cc2)CC(c2cccc([N+](=O)[O-])c2)N1c1ccc(Cl)cc1. The highest BCUT2D eigenvalue weighted by molar-refractivity contribution is 6.46. The summed E-state index contributed by atoms with van der Waals surface area (Å²) in [4.78, 5) is 30.2. The lowest BCUT2D eigenvalue weighted by atomic mass is 10.0. The fourth-order valence-corrected chi connectivity index (χ4v) is 3.67. The third-order valence-electron chi connectivity index (χ3n) is 4.83. The zero-order valence-electron chi connectivity index (χ0n) is 15.5. The summed E-state index contributed by atoms with van der Waals surface area (Å²) in [5.74, 6) is -0.260. The molecule has 6 nitrogen and oxygen atoms in total.